The van der Waals surface area contributed by atoms with Gasteiger partial charge in [-0.15, -0.1) is 0 Å². The molecule has 38 heavy (non-hydrogen) atoms. The van der Waals surface area contributed by atoms with Gasteiger partial charge in [-0.2, -0.15) is 0 Å². The lowest BCUT2D eigenvalue weighted by atomic mass is 9.64. The highest BCUT2D eigenvalue weighted by atomic mass is 35.5. The lowest BCUT2D eigenvalue weighted by Gasteiger charge is -2.37. The van der Waals surface area contributed by atoms with Crippen LogP contribution in [0.25, 0.3) is 6.08 Å². The van der Waals surface area contributed by atoms with Crippen molar-refractivity contribution < 1.29 is 14.4 Å². The number of halogens is 1. The van der Waals surface area contributed by atoms with Gasteiger partial charge in [0.25, 0.3) is 0 Å². The minimum absolute atomic E-state index is 0.215. The number of ketones is 3. The first-order chi connectivity index (χ1) is 18.5. The van der Waals surface area contributed by atoms with E-state index in [0.29, 0.717) is 21.7 Å². The molecule has 1 saturated heterocycles. The topological polar surface area (TPSA) is 54.5 Å². The van der Waals surface area contributed by atoms with Crippen molar-refractivity contribution in [1.82, 2.24) is 0 Å². The molecule has 4 aromatic rings. The largest absolute Gasteiger partial charge is 0.352 e. The second-order valence-electron chi connectivity index (χ2n) is 10.0. The molecule has 0 unspecified atom stereocenters. The summed E-state index contributed by atoms with van der Waals surface area (Å²) in [6.07, 6.45) is 3.89. The molecule has 0 radical (unpaired) electrons. The fourth-order valence-electron chi connectivity index (χ4n) is 6.77. The molecule has 2 aliphatic heterocycles. The number of hydrogen-bond acceptors (Lipinski definition) is 4. The van der Waals surface area contributed by atoms with Crippen molar-refractivity contribution in [2.24, 2.45) is 5.41 Å². The minimum atomic E-state index is -1.50. The van der Waals surface area contributed by atoms with Crippen LogP contribution in [0.5, 0.6) is 0 Å². The maximum absolute atomic E-state index is 14.6. The van der Waals surface area contributed by atoms with Gasteiger partial charge in [-0.25, -0.2) is 0 Å². The van der Waals surface area contributed by atoms with E-state index in [0.717, 1.165) is 16.8 Å². The Balaban J connectivity index is 1.56. The number of Topliss-reactive ketones (excluding diaryl/α,β-unsaturated/α-hetero) is 3. The fourth-order valence-corrected chi connectivity index (χ4v) is 7.00. The highest BCUT2D eigenvalue weighted by Gasteiger charge is 2.71. The molecular formula is C33H22ClNO3. The Hall–Kier alpha value is -4.28. The van der Waals surface area contributed by atoms with E-state index in [1.165, 1.54) is 0 Å². The number of hydrogen-bond donors (Lipinski definition) is 0. The van der Waals surface area contributed by atoms with Crippen molar-refractivity contribution >= 4 is 40.7 Å². The van der Waals surface area contributed by atoms with E-state index < -0.39 is 23.4 Å². The second-order valence-corrected chi connectivity index (χ2v) is 10.4. The molecule has 3 atom stereocenters. The van der Waals surface area contributed by atoms with Gasteiger partial charge in [0.2, 0.25) is 0 Å². The molecule has 1 spiro atoms. The smallest absolute Gasteiger partial charge is 0.187 e. The van der Waals surface area contributed by atoms with Crippen molar-refractivity contribution in [2.45, 2.75) is 18.0 Å². The van der Waals surface area contributed by atoms with Crippen LogP contribution in [-0.4, -0.2) is 29.4 Å². The Labute approximate surface area is 225 Å². The quantitative estimate of drug-likeness (QED) is 0.226. The number of carbonyl (C=O) groups excluding carboxylic acids is 3. The SMILES string of the molecule is O=C(c1ccccc1Cl)[C@H]1[C@H](c2ccccc2)C2(C(=O)c3ccccc3C2=O)[C@H]2C=Cc3ccccc3N12. The maximum atomic E-state index is 14.6. The standard InChI is InChI=1S/C33H22ClNO3/c34-25-16-8-7-15-24(25)30(36)29-28(21-11-2-1-3-12-21)33(31(37)22-13-5-6-14-23(22)32(33)38)27-19-18-20-10-4-9-17-26(20)35(27)29/h1-19,27-29H/t27-,28+,29-/m1/s1. The van der Waals surface area contributed by atoms with Gasteiger partial charge in [-0.3, -0.25) is 14.4 Å². The van der Waals surface area contributed by atoms with Crippen LogP contribution in [0, 0.1) is 5.41 Å². The summed E-state index contributed by atoms with van der Waals surface area (Å²) in [4.78, 5) is 45.6. The van der Waals surface area contributed by atoms with Crippen LogP contribution >= 0.6 is 11.6 Å². The Morgan fingerprint density at radius 3 is 2.05 bits per heavy atom. The highest BCUT2D eigenvalue weighted by Crippen LogP contribution is 2.61. The van der Waals surface area contributed by atoms with Gasteiger partial charge in [0.15, 0.2) is 17.3 Å². The van der Waals surface area contributed by atoms with Gasteiger partial charge in [0.05, 0.1) is 11.1 Å². The third-order valence-corrected chi connectivity index (χ3v) is 8.61. The number of anilines is 1. The minimum Gasteiger partial charge on any atom is -0.352 e. The van der Waals surface area contributed by atoms with Crippen molar-refractivity contribution in [3.05, 3.63) is 142 Å². The zero-order chi connectivity index (χ0) is 26.0. The Kier molecular flexibility index (Phi) is 5.04. The first-order valence-corrected chi connectivity index (χ1v) is 13.0. The Morgan fingerprint density at radius 2 is 1.34 bits per heavy atom. The van der Waals surface area contributed by atoms with Crippen molar-refractivity contribution in [2.75, 3.05) is 4.90 Å². The van der Waals surface area contributed by atoms with Crippen molar-refractivity contribution in [1.29, 1.82) is 0 Å². The average Bonchev–Trinajstić information content (AvgIpc) is 3.40. The van der Waals surface area contributed by atoms with Crippen LogP contribution < -0.4 is 4.90 Å². The molecular weight excluding hydrogens is 494 g/mol. The summed E-state index contributed by atoms with van der Waals surface area (Å²) in [5, 5.41) is 0.343. The summed E-state index contributed by atoms with van der Waals surface area (Å²) in [6, 6.07) is 29.8. The maximum Gasteiger partial charge on any atom is 0.187 e. The molecule has 4 nitrogen and oxygen atoms in total. The lowest BCUT2D eigenvalue weighted by molar-refractivity contribution is 0.0666. The van der Waals surface area contributed by atoms with E-state index >= 15 is 0 Å². The molecule has 5 heteroatoms. The summed E-state index contributed by atoms with van der Waals surface area (Å²) in [6.45, 7) is 0. The predicted molar refractivity (Wildman–Crippen MR) is 148 cm³/mol. The van der Waals surface area contributed by atoms with Gasteiger partial charge in [0, 0.05) is 28.3 Å². The fraction of sp³-hybridized carbons (Fsp3) is 0.121. The van der Waals surface area contributed by atoms with Gasteiger partial charge in [-0.05, 0) is 29.3 Å². The summed E-state index contributed by atoms with van der Waals surface area (Å²) in [5.41, 5.74) is 2.22. The second kappa shape index (κ2) is 8.37. The van der Waals surface area contributed by atoms with E-state index in [-0.39, 0.29) is 17.3 Å². The number of nitrogens with zero attached hydrogens (tertiary/aromatic N) is 1. The third-order valence-electron chi connectivity index (χ3n) is 8.28. The van der Waals surface area contributed by atoms with Crippen LogP contribution in [0.1, 0.15) is 48.1 Å². The van der Waals surface area contributed by atoms with Crippen LogP contribution in [0.3, 0.4) is 0 Å². The highest BCUT2D eigenvalue weighted by molar-refractivity contribution is 6.35. The summed E-state index contributed by atoms with van der Waals surface area (Å²) in [7, 11) is 0. The van der Waals surface area contributed by atoms with Crippen LogP contribution in [-0.2, 0) is 0 Å². The first-order valence-electron chi connectivity index (χ1n) is 12.6. The van der Waals surface area contributed by atoms with E-state index in [9.17, 15) is 14.4 Å². The monoisotopic (exact) mass is 515 g/mol. The average molecular weight is 516 g/mol. The molecule has 0 aromatic heterocycles. The molecule has 1 fully saturated rings. The molecule has 0 N–H and O–H groups in total. The van der Waals surface area contributed by atoms with E-state index in [2.05, 4.69) is 0 Å². The third kappa shape index (κ3) is 2.89. The molecule has 7 rings (SSSR count). The van der Waals surface area contributed by atoms with Gasteiger partial charge in [-0.1, -0.05) is 109 Å². The summed E-state index contributed by atoms with van der Waals surface area (Å²) in [5.74, 6) is -1.42. The van der Waals surface area contributed by atoms with Crippen molar-refractivity contribution in [3.8, 4) is 0 Å². The molecule has 0 amide bonds. The Bertz CT molecular complexity index is 1640. The van der Waals surface area contributed by atoms with Crippen LogP contribution in [0.15, 0.2) is 109 Å². The van der Waals surface area contributed by atoms with Crippen LogP contribution in [0.4, 0.5) is 5.69 Å². The van der Waals surface area contributed by atoms with E-state index in [4.69, 9.17) is 11.6 Å². The van der Waals surface area contributed by atoms with E-state index in [1.807, 2.05) is 71.6 Å². The van der Waals surface area contributed by atoms with Crippen molar-refractivity contribution in [3.63, 3.8) is 0 Å². The molecule has 2 heterocycles. The zero-order valence-electron chi connectivity index (χ0n) is 20.3. The molecule has 1 aliphatic carbocycles. The number of rotatable bonds is 3. The first kappa shape index (κ1) is 22.9. The lowest BCUT2D eigenvalue weighted by Crippen LogP contribution is -2.48. The van der Waals surface area contributed by atoms with Gasteiger partial charge < -0.3 is 4.90 Å². The normalized spacial score (nSPS) is 22.3. The molecule has 184 valence electrons. The predicted octanol–water partition coefficient (Wildman–Crippen LogP) is 6.66. The van der Waals surface area contributed by atoms with Crippen LogP contribution in [0.2, 0.25) is 5.02 Å². The number of fused-ring (bicyclic) bond motifs is 5. The molecule has 3 aliphatic rings. The summed E-state index contributed by atoms with van der Waals surface area (Å²) < 4.78 is 0. The molecule has 4 aromatic carbocycles. The molecule has 0 bridgehead atoms. The zero-order valence-corrected chi connectivity index (χ0v) is 21.0. The van der Waals surface area contributed by atoms with Gasteiger partial charge >= 0.3 is 0 Å². The molecule has 0 saturated carbocycles. The number of benzene rings is 4. The van der Waals surface area contributed by atoms with Gasteiger partial charge in [0.1, 0.15) is 11.5 Å². The summed E-state index contributed by atoms with van der Waals surface area (Å²) >= 11 is 6.56. The number of carbonyl (C=O) groups is 3. The van der Waals surface area contributed by atoms with E-state index in [1.54, 1.807) is 48.5 Å². The Morgan fingerprint density at radius 1 is 0.737 bits per heavy atom. The number of para-hydroxylation sites is 1.